The van der Waals surface area contributed by atoms with Gasteiger partial charge in [0.2, 0.25) is 0 Å². The maximum atomic E-state index is 12.3. The normalized spacial score (nSPS) is 15.8. The van der Waals surface area contributed by atoms with Gasteiger partial charge in [0.25, 0.3) is 5.91 Å². The van der Waals surface area contributed by atoms with Crippen LogP contribution in [0.3, 0.4) is 0 Å². The maximum absolute atomic E-state index is 12.3. The molecule has 0 saturated carbocycles. The standard InChI is InChI=1S/C18H19N3O.C2H6/c1-13-7-6-10-15(11-13)17(22)20-18-19-12-16(21(18)2)14-8-4-3-5-9-14;1-2/h3-12,18-19H,1-2H3,(H,20,22);1-2H3. The Morgan fingerprint density at radius 1 is 1.08 bits per heavy atom. The van der Waals surface area contributed by atoms with Crippen molar-refractivity contribution in [1.82, 2.24) is 15.5 Å². The van der Waals surface area contributed by atoms with Gasteiger partial charge in [0, 0.05) is 18.8 Å². The van der Waals surface area contributed by atoms with Crippen LogP contribution in [-0.4, -0.2) is 24.1 Å². The van der Waals surface area contributed by atoms with Crippen LogP contribution in [0.25, 0.3) is 5.70 Å². The lowest BCUT2D eigenvalue weighted by atomic mass is 10.1. The minimum absolute atomic E-state index is 0.0873. The number of aryl methyl sites for hydroxylation is 1. The molecule has 0 saturated heterocycles. The smallest absolute Gasteiger partial charge is 0.254 e. The molecule has 2 aromatic carbocycles. The molecule has 3 rings (SSSR count). The Kier molecular flexibility index (Phi) is 6.01. The number of hydrogen-bond acceptors (Lipinski definition) is 3. The summed E-state index contributed by atoms with van der Waals surface area (Å²) in [5.74, 6) is -0.0873. The Balaban J connectivity index is 0.00000100. The first-order chi connectivity index (χ1) is 11.6. The van der Waals surface area contributed by atoms with Crippen molar-refractivity contribution in [3.8, 4) is 0 Å². The quantitative estimate of drug-likeness (QED) is 0.907. The first-order valence-corrected chi connectivity index (χ1v) is 8.27. The Labute approximate surface area is 144 Å². The lowest BCUT2D eigenvalue weighted by molar-refractivity contribution is 0.0901. The monoisotopic (exact) mass is 323 g/mol. The average molecular weight is 323 g/mol. The van der Waals surface area contributed by atoms with Crippen LogP contribution in [0, 0.1) is 6.92 Å². The summed E-state index contributed by atoms with van der Waals surface area (Å²) < 4.78 is 0. The molecule has 0 fully saturated rings. The molecule has 1 atom stereocenters. The number of carbonyl (C=O) groups is 1. The average Bonchev–Trinajstić information content (AvgIpc) is 2.98. The van der Waals surface area contributed by atoms with E-state index >= 15 is 0 Å². The van der Waals surface area contributed by atoms with Crippen molar-refractivity contribution in [2.75, 3.05) is 7.05 Å². The highest BCUT2D eigenvalue weighted by Crippen LogP contribution is 2.22. The summed E-state index contributed by atoms with van der Waals surface area (Å²) in [4.78, 5) is 14.4. The predicted molar refractivity (Wildman–Crippen MR) is 99.1 cm³/mol. The highest BCUT2D eigenvalue weighted by molar-refractivity contribution is 5.94. The van der Waals surface area contributed by atoms with E-state index in [1.807, 2.05) is 81.4 Å². The molecule has 1 unspecified atom stereocenters. The van der Waals surface area contributed by atoms with Crippen molar-refractivity contribution in [1.29, 1.82) is 0 Å². The highest BCUT2D eigenvalue weighted by Gasteiger charge is 2.24. The zero-order valence-corrected chi connectivity index (χ0v) is 14.7. The van der Waals surface area contributed by atoms with Crippen LogP contribution in [0.1, 0.15) is 35.3 Å². The number of nitrogens with one attached hydrogen (secondary N) is 2. The minimum Gasteiger partial charge on any atom is -0.353 e. The van der Waals surface area contributed by atoms with Crippen molar-refractivity contribution in [2.24, 2.45) is 0 Å². The van der Waals surface area contributed by atoms with Crippen LogP contribution in [0.5, 0.6) is 0 Å². The Hall–Kier alpha value is -2.75. The van der Waals surface area contributed by atoms with Crippen molar-refractivity contribution in [2.45, 2.75) is 27.1 Å². The maximum Gasteiger partial charge on any atom is 0.254 e. The second-order valence-electron chi connectivity index (χ2n) is 5.42. The molecule has 2 N–H and O–H groups in total. The molecule has 126 valence electrons. The van der Waals surface area contributed by atoms with Gasteiger partial charge in [-0.1, -0.05) is 61.9 Å². The van der Waals surface area contributed by atoms with E-state index in [1.165, 1.54) is 0 Å². The van der Waals surface area contributed by atoms with Crippen LogP contribution in [-0.2, 0) is 0 Å². The van der Waals surface area contributed by atoms with E-state index in [-0.39, 0.29) is 12.2 Å². The molecule has 0 aromatic heterocycles. The third-order valence-corrected chi connectivity index (χ3v) is 3.76. The molecular weight excluding hydrogens is 298 g/mol. The number of benzene rings is 2. The van der Waals surface area contributed by atoms with Crippen molar-refractivity contribution < 1.29 is 4.79 Å². The van der Waals surface area contributed by atoms with E-state index in [2.05, 4.69) is 22.8 Å². The molecule has 1 aliphatic heterocycles. The van der Waals surface area contributed by atoms with Gasteiger partial charge in [0.1, 0.15) is 0 Å². The zero-order valence-electron chi connectivity index (χ0n) is 14.7. The molecule has 1 amide bonds. The SMILES string of the molecule is CC.Cc1cccc(C(=O)NC2NC=C(c3ccccc3)N2C)c1. The summed E-state index contributed by atoms with van der Waals surface area (Å²) in [6, 6.07) is 17.7. The molecule has 0 aliphatic carbocycles. The number of carbonyl (C=O) groups excluding carboxylic acids is 1. The van der Waals surface area contributed by atoms with Gasteiger partial charge in [-0.15, -0.1) is 0 Å². The van der Waals surface area contributed by atoms with Gasteiger partial charge >= 0.3 is 0 Å². The molecule has 4 heteroatoms. The van der Waals surface area contributed by atoms with Gasteiger partial charge in [-0.05, 0) is 24.6 Å². The van der Waals surface area contributed by atoms with Gasteiger partial charge in [-0.2, -0.15) is 0 Å². The molecule has 24 heavy (non-hydrogen) atoms. The van der Waals surface area contributed by atoms with Gasteiger partial charge in [0.05, 0.1) is 5.70 Å². The van der Waals surface area contributed by atoms with E-state index in [0.717, 1.165) is 16.8 Å². The number of amides is 1. The van der Waals surface area contributed by atoms with Crippen LogP contribution in [0.15, 0.2) is 60.8 Å². The van der Waals surface area contributed by atoms with Gasteiger partial charge in [-0.25, -0.2) is 0 Å². The summed E-state index contributed by atoms with van der Waals surface area (Å²) in [5, 5.41) is 6.20. The van der Waals surface area contributed by atoms with Crippen molar-refractivity contribution in [3.05, 3.63) is 77.5 Å². The molecular formula is C20H25N3O. The van der Waals surface area contributed by atoms with Crippen LogP contribution in [0.2, 0.25) is 0 Å². The van der Waals surface area contributed by atoms with Gasteiger partial charge < -0.3 is 15.5 Å². The first-order valence-electron chi connectivity index (χ1n) is 8.27. The lowest BCUT2D eigenvalue weighted by Crippen LogP contribution is -2.49. The summed E-state index contributed by atoms with van der Waals surface area (Å²) in [5.41, 5.74) is 3.91. The molecule has 1 heterocycles. The topological polar surface area (TPSA) is 44.4 Å². The van der Waals surface area contributed by atoms with Crippen molar-refractivity contribution in [3.63, 3.8) is 0 Å². The van der Waals surface area contributed by atoms with E-state index < -0.39 is 0 Å². The third kappa shape index (κ3) is 3.96. The Bertz CT molecular complexity index is 710. The molecule has 2 aromatic rings. The second-order valence-corrected chi connectivity index (χ2v) is 5.42. The Morgan fingerprint density at radius 2 is 1.79 bits per heavy atom. The predicted octanol–water partition coefficient (Wildman–Crippen LogP) is 3.57. The van der Waals surface area contributed by atoms with Gasteiger partial charge in [-0.3, -0.25) is 4.79 Å². The summed E-state index contributed by atoms with van der Waals surface area (Å²) in [7, 11) is 1.96. The molecule has 0 bridgehead atoms. The zero-order chi connectivity index (χ0) is 17.5. The minimum atomic E-state index is -0.247. The van der Waals surface area contributed by atoms with E-state index in [1.54, 1.807) is 0 Å². The fourth-order valence-corrected chi connectivity index (χ4v) is 2.54. The summed E-state index contributed by atoms with van der Waals surface area (Å²) in [6.07, 6.45) is 1.68. The Morgan fingerprint density at radius 3 is 2.46 bits per heavy atom. The molecule has 4 nitrogen and oxygen atoms in total. The first kappa shape index (κ1) is 17.6. The largest absolute Gasteiger partial charge is 0.353 e. The number of nitrogens with zero attached hydrogens (tertiary/aromatic N) is 1. The molecule has 0 radical (unpaired) electrons. The summed E-state index contributed by atoms with van der Waals surface area (Å²) >= 11 is 0. The second kappa shape index (κ2) is 8.20. The van der Waals surface area contributed by atoms with Crippen LogP contribution < -0.4 is 10.6 Å². The molecule has 0 spiro atoms. The number of hydrogen-bond donors (Lipinski definition) is 2. The van der Waals surface area contributed by atoms with E-state index in [4.69, 9.17) is 0 Å². The van der Waals surface area contributed by atoms with Crippen molar-refractivity contribution >= 4 is 11.6 Å². The number of rotatable bonds is 3. The fraction of sp³-hybridized carbons (Fsp3) is 0.250. The van der Waals surface area contributed by atoms with Crippen LogP contribution >= 0.6 is 0 Å². The summed E-state index contributed by atoms with van der Waals surface area (Å²) in [6.45, 7) is 5.98. The van der Waals surface area contributed by atoms with Gasteiger partial charge in [0.15, 0.2) is 6.29 Å². The lowest BCUT2D eigenvalue weighted by Gasteiger charge is -2.25. The highest BCUT2D eigenvalue weighted by atomic mass is 16.2. The van der Waals surface area contributed by atoms with Crippen LogP contribution in [0.4, 0.5) is 0 Å². The third-order valence-electron chi connectivity index (χ3n) is 3.76. The van der Waals surface area contributed by atoms with E-state index in [0.29, 0.717) is 5.56 Å². The molecule has 1 aliphatic rings. The van der Waals surface area contributed by atoms with E-state index in [9.17, 15) is 4.79 Å². The fourth-order valence-electron chi connectivity index (χ4n) is 2.54.